The number of carbonyl (C=O) groups is 2. The van der Waals surface area contributed by atoms with Crippen LogP contribution in [0.1, 0.15) is 25.8 Å². The van der Waals surface area contributed by atoms with Crippen LogP contribution >= 0.6 is 11.6 Å². The Kier molecular flexibility index (Phi) is 6.64. The maximum Gasteiger partial charge on any atom is 0.328 e. The predicted octanol–water partition coefficient (Wildman–Crippen LogP) is 2.13. The minimum absolute atomic E-state index is 0.137. The van der Waals surface area contributed by atoms with E-state index in [1.54, 1.807) is 22.9 Å². The number of nitrogens with one attached hydrogen (secondary N) is 1. The average molecular weight is 422 g/mol. The molecule has 2 atom stereocenters. The van der Waals surface area contributed by atoms with Crippen molar-refractivity contribution in [2.24, 2.45) is 4.99 Å². The van der Waals surface area contributed by atoms with Gasteiger partial charge in [0.25, 0.3) is 5.91 Å². The molecule has 3 rings (SSSR count). The SMILES string of the molecule is CC(C)OCCCN=C1NC2C(C(=O)N(Cc3ccccc3Cl)C(=O)N2C)N1C. The van der Waals surface area contributed by atoms with Crippen molar-refractivity contribution in [3.8, 4) is 0 Å². The number of guanidine groups is 1. The molecule has 29 heavy (non-hydrogen) atoms. The van der Waals surface area contributed by atoms with Gasteiger partial charge >= 0.3 is 6.03 Å². The number of imide groups is 1. The molecule has 2 aliphatic heterocycles. The third-order valence-corrected chi connectivity index (χ3v) is 5.47. The lowest BCUT2D eigenvalue weighted by atomic mass is 10.1. The van der Waals surface area contributed by atoms with E-state index in [0.29, 0.717) is 24.1 Å². The Morgan fingerprint density at radius 3 is 2.62 bits per heavy atom. The van der Waals surface area contributed by atoms with E-state index in [1.807, 2.05) is 39.1 Å². The van der Waals surface area contributed by atoms with Gasteiger partial charge in [-0.15, -0.1) is 0 Å². The quantitative estimate of drug-likeness (QED) is 0.682. The lowest BCUT2D eigenvalue weighted by Gasteiger charge is -2.40. The number of nitrogens with zero attached hydrogens (tertiary/aromatic N) is 4. The summed E-state index contributed by atoms with van der Waals surface area (Å²) in [6, 6.07) is 6.33. The molecule has 3 amide bonds. The number of hydrogen-bond acceptors (Lipinski definition) is 4. The maximum absolute atomic E-state index is 13.2. The smallest absolute Gasteiger partial charge is 0.328 e. The Hall–Kier alpha value is -2.32. The van der Waals surface area contributed by atoms with Crippen molar-refractivity contribution < 1.29 is 14.3 Å². The van der Waals surface area contributed by atoms with Crippen LogP contribution in [0.3, 0.4) is 0 Å². The number of carbonyl (C=O) groups excluding carboxylic acids is 2. The van der Waals surface area contributed by atoms with E-state index in [9.17, 15) is 9.59 Å². The van der Waals surface area contributed by atoms with Gasteiger partial charge in [0.15, 0.2) is 12.0 Å². The van der Waals surface area contributed by atoms with Crippen LogP contribution in [0.15, 0.2) is 29.3 Å². The molecule has 0 spiro atoms. The van der Waals surface area contributed by atoms with E-state index < -0.39 is 12.2 Å². The summed E-state index contributed by atoms with van der Waals surface area (Å²) >= 11 is 6.23. The highest BCUT2D eigenvalue weighted by Crippen LogP contribution is 2.26. The molecule has 9 heteroatoms. The van der Waals surface area contributed by atoms with E-state index >= 15 is 0 Å². The number of halogens is 1. The summed E-state index contributed by atoms with van der Waals surface area (Å²) in [4.78, 5) is 35.2. The van der Waals surface area contributed by atoms with Gasteiger partial charge in [-0.1, -0.05) is 29.8 Å². The number of benzene rings is 1. The number of likely N-dealkylation sites (N-methyl/N-ethyl adjacent to an activating group) is 2. The van der Waals surface area contributed by atoms with Gasteiger partial charge in [-0.3, -0.25) is 14.7 Å². The van der Waals surface area contributed by atoms with E-state index in [-0.39, 0.29) is 24.6 Å². The number of fused-ring (bicyclic) bond motifs is 1. The van der Waals surface area contributed by atoms with Crippen molar-refractivity contribution in [3.05, 3.63) is 34.9 Å². The van der Waals surface area contributed by atoms with Crippen molar-refractivity contribution in [3.63, 3.8) is 0 Å². The Morgan fingerprint density at radius 2 is 1.93 bits per heavy atom. The van der Waals surface area contributed by atoms with E-state index in [2.05, 4.69) is 10.3 Å². The fraction of sp³-hybridized carbons (Fsp3) is 0.550. The van der Waals surface area contributed by atoms with Crippen molar-refractivity contribution in [2.75, 3.05) is 27.2 Å². The van der Waals surface area contributed by atoms with E-state index in [1.165, 1.54) is 4.90 Å². The summed E-state index contributed by atoms with van der Waals surface area (Å²) in [6.45, 7) is 5.34. The van der Waals surface area contributed by atoms with Crippen LogP contribution in [0.25, 0.3) is 0 Å². The molecule has 1 aromatic carbocycles. The lowest BCUT2D eigenvalue weighted by Crippen LogP contribution is -2.65. The predicted molar refractivity (Wildman–Crippen MR) is 112 cm³/mol. The zero-order valence-electron chi connectivity index (χ0n) is 17.3. The molecule has 2 fully saturated rings. The Bertz CT molecular complexity index is 800. The molecule has 1 aromatic rings. The summed E-state index contributed by atoms with van der Waals surface area (Å²) in [5.74, 6) is 0.346. The van der Waals surface area contributed by atoms with Crippen molar-refractivity contribution in [1.82, 2.24) is 20.0 Å². The van der Waals surface area contributed by atoms with Crippen molar-refractivity contribution in [2.45, 2.75) is 45.1 Å². The van der Waals surface area contributed by atoms with Gasteiger partial charge in [0.05, 0.1) is 12.6 Å². The molecule has 0 aromatic heterocycles. The van der Waals surface area contributed by atoms with Crippen LogP contribution in [-0.4, -0.2) is 78.2 Å². The first-order valence-electron chi connectivity index (χ1n) is 9.78. The Balaban J connectivity index is 1.72. The molecular weight excluding hydrogens is 394 g/mol. The first kappa shape index (κ1) is 21.4. The van der Waals surface area contributed by atoms with Gasteiger partial charge in [-0.2, -0.15) is 0 Å². The maximum atomic E-state index is 13.2. The number of amides is 3. The minimum atomic E-state index is -0.536. The third kappa shape index (κ3) is 4.48. The van der Waals surface area contributed by atoms with Gasteiger partial charge in [-0.25, -0.2) is 4.79 Å². The van der Waals surface area contributed by atoms with Crippen LogP contribution in [0, 0.1) is 0 Å². The van der Waals surface area contributed by atoms with Gasteiger partial charge < -0.3 is 19.9 Å². The summed E-state index contributed by atoms with van der Waals surface area (Å²) < 4.78 is 5.53. The molecule has 158 valence electrons. The molecule has 8 nitrogen and oxygen atoms in total. The zero-order valence-corrected chi connectivity index (χ0v) is 18.0. The number of aliphatic imine (C=N–C) groups is 1. The summed E-state index contributed by atoms with van der Waals surface area (Å²) in [7, 11) is 3.50. The Labute approximate surface area is 176 Å². The fourth-order valence-corrected chi connectivity index (χ4v) is 3.69. The molecule has 0 radical (unpaired) electrons. The highest BCUT2D eigenvalue weighted by Gasteiger charge is 2.51. The first-order chi connectivity index (χ1) is 13.8. The van der Waals surface area contributed by atoms with Crippen molar-refractivity contribution >= 4 is 29.5 Å². The second-order valence-electron chi connectivity index (χ2n) is 7.53. The first-order valence-corrected chi connectivity index (χ1v) is 10.2. The molecule has 2 unspecified atom stereocenters. The highest BCUT2D eigenvalue weighted by atomic mass is 35.5. The molecule has 0 aliphatic carbocycles. The molecule has 0 bridgehead atoms. The fourth-order valence-electron chi connectivity index (χ4n) is 3.50. The summed E-state index contributed by atoms with van der Waals surface area (Å²) in [5, 5.41) is 3.74. The molecule has 2 aliphatic rings. The number of rotatable bonds is 7. The van der Waals surface area contributed by atoms with Gasteiger partial charge in [0.2, 0.25) is 0 Å². The highest BCUT2D eigenvalue weighted by molar-refractivity contribution is 6.31. The number of hydrogen-bond donors (Lipinski definition) is 1. The average Bonchev–Trinajstić information content (AvgIpc) is 3.01. The monoisotopic (exact) mass is 421 g/mol. The van der Waals surface area contributed by atoms with E-state index in [4.69, 9.17) is 16.3 Å². The zero-order chi connectivity index (χ0) is 21.1. The van der Waals surface area contributed by atoms with Gasteiger partial charge in [0.1, 0.15) is 6.17 Å². The standard InChI is InChI=1S/C20H28ClN5O3/c1-13(2)29-11-7-10-22-19-23-17-16(24(19)3)18(27)26(20(28)25(17)4)12-14-8-5-6-9-15(14)21/h5-6,8-9,13,16-17H,7,10-12H2,1-4H3,(H,22,23). The normalized spacial score (nSPS) is 23.2. The largest absolute Gasteiger partial charge is 0.379 e. The Morgan fingerprint density at radius 1 is 1.21 bits per heavy atom. The number of ether oxygens (including phenoxy) is 1. The van der Waals surface area contributed by atoms with Gasteiger partial charge in [-0.05, 0) is 31.9 Å². The van der Waals surface area contributed by atoms with Crippen LogP contribution in [0.4, 0.5) is 4.79 Å². The van der Waals surface area contributed by atoms with Gasteiger partial charge in [0, 0.05) is 32.3 Å². The van der Waals surface area contributed by atoms with Crippen LogP contribution in [0.2, 0.25) is 5.02 Å². The molecule has 2 heterocycles. The van der Waals surface area contributed by atoms with Crippen LogP contribution in [-0.2, 0) is 16.1 Å². The number of urea groups is 1. The molecular formula is C20H28ClN5O3. The molecule has 0 saturated carbocycles. The van der Waals surface area contributed by atoms with E-state index in [0.717, 1.165) is 12.0 Å². The summed E-state index contributed by atoms with van der Waals surface area (Å²) in [6.07, 6.45) is 0.529. The lowest BCUT2D eigenvalue weighted by molar-refractivity contribution is -0.137. The molecule has 1 N–H and O–H groups in total. The second-order valence-corrected chi connectivity index (χ2v) is 7.94. The second kappa shape index (κ2) is 9.00. The van der Waals surface area contributed by atoms with Crippen LogP contribution < -0.4 is 5.32 Å². The summed E-state index contributed by atoms with van der Waals surface area (Å²) in [5.41, 5.74) is 0.732. The van der Waals surface area contributed by atoms with Crippen molar-refractivity contribution in [1.29, 1.82) is 0 Å². The minimum Gasteiger partial charge on any atom is -0.379 e. The van der Waals surface area contributed by atoms with Crippen LogP contribution in [0.5, 0.6) is 0 Å². The topological polar surface area (TPSA) is 77.5 Å². The third-order valence-electron chi connectivity index (χ3n) is 5.10. The molecule has 2 saturated heterocycles.